The molecule has 0 amide bonds. The fourth-order valence-electron chi connectivity index (χ4n) is 1.26. The zero-order valence-corrected chi connectivity index (χ0v) is 7.94. The van der Waals surface area contributed by atoms with Crippen LogP contribution in [0.25, 0.3) is 10.2 Å². The van der Waals surface area contributed by atoms with Crippen LogP contribution in [-0.2, 0) is 6.54 Å². The highest BCUT2D eigenvalue weighted by Crippen LogP contribution is 2.19. The summed E-state index contributed by atoms with van der Waals surface area (Å²) in [7, 11) is 0. The smallest absolute Gasteiger partial charge is 0.259 e. The van der Waals surface area contributed by atoms with E-state index in [9.17, 15) is 4.79 Å². The number of nitrogens with zero attached hydrogens (tertiary/aromatic N) is 1. The van der Waals surface area contributed by atoms with Crippen LogP contribution in [0.2, 0.25) is 0 Å². The molecule has 2 rings (SSSR count). The Morgan fingerprint density at radius 2 is 2.46 bits per heavy atom. The van der Waals surface area contributed by atoms with Crippen LogP contribution in [-0.4, -0.2) is 9.97 Å². The highest BCUT2D eigenvalue weighted by atomic mass is 32.1. The number of rotatable bonds is 1. The number of nitrogens with two attached hydrogens (primary N) is 1. The molecule has 0 saturated heterocycles. The van der Waals surface area contributed by atoms with Gasteiger partial charge in [-0.05, 0) is 17.9 Å². The molecule has 4 nitrogen and oxygen atoms in total. The summed E-state index contributed by atoms with van der Waals surface area (Å²) >= 11 is 1.46. The summed E-state index contributed by atoms with van der Waals surface area (Å²) < 4.78 is 0. The second-order valence-corrected chi connectivity index (χ2v) is 3.65. The molecule has 13 heavy (non-hydrogen) atoms. The van der Waals surface area contributed by atoms with E-state index in [-0.39, 0.29) is 5.56 Å². The second-order valence-electron chi connectivity index (χ2n) is 2.80. The SMILES string of the molecule is Cc1nc2scc(CN)c2c(=O)[nH]1. The maximum absolute atomic E-state index is 11.5. The summed E-state index contributed by atoms with van der Waals surface area (Å²) in [5.41, 5.74) is 6.27. The first-order valence-corrected chi connectivity index (χ1v) is 4.77. The first kappa shape index (κ1) is 8.40. The van der Waals surface area contributed by atoms with E-state index < -0.39 is 0 Å². The van der Waals surface area contributed by atoms with E-state index in [1.54, 1.807) is 6.92 Å². The van der Waals surface area contributed by atoms with Gasteiger partial charge in [0, 0.05) is 6.54 Å². The predicted molar refractivity (Wildman–Crippen MR) is 52.9 cm³/mol. The summed E-state index contributed by atoms with van der Waals surface area (Å²) in [5.74, 6) is 0.642. The van der Waals surface area contributed by atoms with Crippen LogP contribution in [0.4, 0.5) is 0 Å². The summed E-state index contributed by atoms with van der Waals surface area (Å²) in [6.45, 7) is 2.15. The van der Waals surface area contributed by atoms with Crippen LogP contribution in [0.5, 0.6) is 0 Å². The minimum absolute atomic E-state index is 0.0933. The molecule has 5 heteroatoms. The lowest BCUT2D eigenvalue weighted by Gasteiger charge is -1.94. The summed E-state index contributed by atoms with van der Waals surface area (Å²) in [6.07, 6.45) is 0. The molecule has 0 aliphatic heterocycles. The Labute approximate surface area is 78.4 Å². The molecule has 0 aliphatic carbocycles. The van der Waals surface area contributed by atoms with Gasteiger partial charge < -0.3 is 10.7 Å². The Kier molecular flexibility index (Phi) is 1.90. The van der Waals surface area contributed by atoms with Gasteiger partial charge in [-0.2, -0.15) is 0 Å². The van der Waals surface area contributed by atoms with Crippen LogP contribution in [0.3, 0.4) is 0 Å². The molecule has 2 heterocycles. The number of H-pyrrole nitrogens is 1. The maximum Gasteiger partial charge on any atom is 0.259 e. The van der Waals surface area contributed by atoms with Crippen LogP contribution < -0.4 is 11.3 Å². The number of fused-ring (bicyclic) bond motifs is 1. The van der Waals surface area contributed by atoms with Gasteiger partial charge in [-0.15, -0.1) is 11.3 Å². The van der Waals surface area contributed by atoms with Crippen molar-refractivity contribution in [3.63, 3.8) is 0 Å². The zero-order valence-electron chi connectivity index (χ0n) is 7.13. The minimum atomic E-state index is -0.0933. The third-order valence-electron chi connectivity index (χ3n) is 1.86. The standard InChI is InChI=1S/C8H9N3OS/c1-4-10-7(12)6-5(2-9)3-13-8(6)11-4/h3H,2,9H2,1H3,(H,10,11,12). The van der Waals surface area contributed by atoms with E-state index in [2.05, 4.69) is 9.97 Å². The largest absolute Gasteiger partial charge is 0.326 e. The van der Waals surface area contributed by atoms with Crippen molar-refractivity contribution in [2.75, 3.05) is 0 Å². The topological polar surface area (TPSA) is 71.8 Å². The average Bonchev–Trinajstić information content (AvgIpc) is 2.47. The van der Waals surface area contributed by atoms with E-state index in [1.165, 1.54) is 11.3 Å². The fourth-order valence-corrected chi connectivity index (χ4v) is 2.26. The Hall–Kier alpha value is -1.20. The van der Waals surface area contributed by atoms with Crippen LogP contribution in [0.15, 0.2) is 10.2 Å². The van der Waals surface area contributed by atoms with Gasteiger partial charge in [-0.25, -0.2) is 4.98 Å². The Morgan fingerprint density at radius 1 is 1.69 bits per heavy atom. The molecule has 0 radical (unpaired) electrons. The number of hydrogen-bond donors (Lipinski definition) is 2. The molecular formula is C8H9N3OS. The van der Waals surface area contributed by atoms with Gasteiger partial charge in [0.05, 0.1) is 5.39 Å². The van der Waals surface area contributed by atoms with Crippen molar-refractivity contribution >= 4 is 21.6 Å². The van der Waals surface area contributed by atoms with Crippen LogP contribution in [0, 0.1) is 6.92 Å². The van der Waals surface area contributed by atoms with Crippen molar-refractivity contribution in [1.29, 1.82) is 0 Å². The van der Waals surface area contributed by atoms with E-state index in [4.69, 9.17) is 5.73 Å². The van der Waals surface area contributed by atoms with E-state index in [0.29, 0.717) is 17.8 Å². The molecule has 3 N–H and O–H groups in total. The monoisotopic (exact) mass is 195 g/mol. The molecule has 68 valence electrons. The molecule has 2 aromatic heterocycles. The van der Waals surface area contributed by atoms with Crippen LogP contribution in [0.1, 0.15) is 11.4 Å². The Balaban J connectivity index is 2.90. The predicted octanol–water partition coefficient (Wildman–Crippen LogP) is 0.752. The quantitative estimate of drug-likeness (QED) is 0.705. The molecule has 0 saturated carbocycles. The molecular weight excluding hydrogens is 186 g/mol. The van der Waals surface area contributed by atoms with Gasteiger partial charge in [-0.1, -0.05) is 0 Å². The van der Waals surface area contributed by atoms with Crippen molar-refractivity contribution in [2.24, 2.45) is 5.73 Å². The normalized spacial score (nSPS) is 10.9. The average molecular weight is 195 g/mol. The van der Waals surface area contributed by atoms with Crippen molar-refractivity contribution in [1.82, 2.24) is 9.97 Å². The van der Waals surface area contributed by atoms with Gasteiger partial charge in [0.15, 0.2) is 0 Å². The lowest BCUT2D eigenvalue weighted by Crippen LogP contribution is -2.10. The first-order valence-electron chi connectivity index (χ1n) is 3.89. The fraction of sp³-hybridized carbons (Fsp3) is 0.250. The first-order chi connectivity index (χ1) is 6.22. The number of aromatic nitrogens is 2. The van der Waals surface area contributed by atoms with Crippen molar-refractivity contribution in [2.45, 2.75) is 13.5 Å². The van der Waals surface area contributed by atoms with Gasteiger partial charge in [-0.3, -0.25) is 4.79 Å². The maximum atomic E-state index is 11.5. The second kappa shape index (κ2) is 2.93. The number of aryl methyl sites for hydroxylation is 1. The molecule has 0 fully saturated rings. The molecule has 0 unspecified atom stereocenters. The summed E-state index contributed by atoms with van der Waals surface area (Å²) in [6, 6.07) is 0. The highest BCUT2D eigenvalue weighted by molar-refractivity contribution is 7.16. The third-order valence-corrected chi connectivity index (χ3v) is 2.78. The van der Waals surface area contributed by atoms with Crippen molar-refractivity contribution in [3.05, 3.63) is 27.1 Å². The van der Waals surface area contributed by atoms with Gasteiger partial charge >= 0.3 is 0 Å². The Morgan fingerprint density at radius 3 is 3.15 bits per heavy atom. The lowest BCUT2D eigenvalue weighted by molar-refractivity contribution is 1.05. The van der Waals surface area contributed by atoms with Crippen LogP contribution >= 0.6 is 11.3 Å². The molecule has 0 spiro atoms. The van der Waals surface area contributed by atoms with E-state index in [0.717, 1.165) is 10.4 Å². The molecule has 0 bridgehead atoms. The van der Waals surface area contributed by atoms with Gasteiger partial charge in [0.2, 0.25) is 0 Å². The van der Waals surface area contributed by atoms with E-state index in [1.807, 2.05) is 5.38 Å². The van der Waals surface area contributed by atoms with Gasteiger partial charge in [0.25, 0.3) is 5.56 Å². The van der Waals surface area contributed by atoms with Crippen molar-refractivity contribution < 1.29 is 0 Å². The zero-order chi connectivity index (χ0) is 9.42. The number of hydrogen-bond acceptors (Lipinski definition) is 4. The molecule has 0 aliphatic rings. The van der Waals surface area contributed by atoms with Gasteiger partial charge in [0.1, 0.15) is 10.7 Å². The number of thiophene rings is 1. The Bertz CT molecular complexity index is 500. The summed E-state index contributed by atoms with van der Waals surface area (Å²) in [5, 5.41) is 2.52. The highest BCUT2D eigenvalue weighted by Gasteiger charge is 2.07. The lowest BCUT2D eigenvalue weighted by atomic mass is 10.2. The summed E-state index contributed by atoms with van der Waals surface area (Å²) in [4.78, 5) is 19.1. The number of aromatic amines is 1. The minimum Gasteiger partial charge on any atom is -0.326 e. The van der Waals surface area contributed by atoms with E-state index >= 15 is 0 Å². The van der Waals surface area contributed by atoms with Crippen molar-refractivity contribution in [3.8, 4) is 0 Å². The third kappa shape index (κ3) is 1.26. The number of nitrogens with one attached hydrogen (secondary N) is 1. The molecule has 2 aromatic rings. The molecule has 0 atom stereocenters. The molecule has 0 aromatic carbocycles.